The summed E-state index contributed by atoms with van der Waals surface area (Å²) < 4.78 is 1.40. The lowest BCUT2D eigenvalue weighted by molar-refractivity contribution is 0.795. The lowest BCUT2D eigenvalue weighted by Gasteiger charge is -2.02. The third kappa shape index (κ3) is 2.03. The SMILES string of the molecule is Clc1nc(-c2ccccn2)nc(-n2cncn2)n1. The molecule has 0 unspecified atom stereocenters. The van der Waals surface area contributed by atoms with Crippen LogP contribution in [0.3, 0.4) is 0 Å². The average molecular weight is 260 g/mol. The Morgan fingerprint density at radius 1 is 1.11 bits per heavy atom. The van der Waals surface area contributed by atoms with E-state index >= 15 is 0 Å². The van der Waals surface area contributed by atoms with Crippen molar-refractivity contribution < 1.29 is 0 Å². The van der Waals surface area contributed by atoms with Crippen LogP contribution >= 0.6 is 11.6 Å². The minimum atomic E-state index is 0.0798. The van der Waals surface area contributed by atoms with Crippen molar-refractivity contribution in [2.45, 2.75) is 0 Å². The van der Waals surface area contributed by atoms with Crippen LogP contribution in [-0.4, -0.2) is 34.7 Å². The fourth-order valence-corrected chi connectivity index (χ4v) is 1.52. The van der Waals surface area contributed by atoms with Crippen molar-refractivity contribution >= 4 is 11.6 Å². The molecule has 0 aliphatic heterocycles. The van der Waals surface area contributed by atoms with Crippen LogP contribution in [0.1, 0.15) is 0 Å². The zero-order valence-corrected chi connectivity index (χ0v) is 9.73. The smallest absolute Gasteiger partial charge is 0.253 e. The Kier molecular flexibility index (Phi) is 2.66. The zero-order valence-electron chi connectivity index (χ0n) is 8.97. The van der Waals surface area contributed by atoms with Crippen LogP contribution < -0.4 is 0 Å². The quantitative estimate of drug-likeness (QED) is 0.687. The molecule has 0 bridgehead atoms. The van der Waals surface area contributed by atoms with Gasteiger partial charge in [-0.2, -0.15) is 24.7 Å². The molecule has 3 heterocycles. The van der Waals surface area contributed by atoms with Gasteiger partial charge in [0.2, 0.25) is 5.28 Å². The molecule has 0 aliphatic rings. The second-order valence-corrected chi connectivity index (χ2v) is 3.62. The Labute approximate surface area is 107 Å². The summed E-state index contributed by atoms with van der Waals surface area (Å²) in [4.78, 5) is 20.2. The summed E-state index contributed by atoms with van der Waals surface area (Å²) in [5.41, 5.74) is 0.614. The van der Waals surface area contributed by atoms with E-state index in [1.54, 1.807) is 12.3 Å². The molecule has 0 atom stereocenters. The summed E-state index contributed by atoms with van der Waals surface area (Å²) in [5, 5.41) is 4.02. The number of pyridine rings is 1. The number of aromatic nitrogens is 7. The van der Waals surface area contributed by atoms with Crippen LogP contribution in [0.15, 0.2) is 37.1 Å². The maximum atomic E-state index is 5.87. The van der Waals surface area contributed by atoms with Gasteiger partial charge in [0, 0.05) is 6.20 Å². The van der Waals surface area contributed by atoms with E-state index < -0.39 is 0 Å². The standard InChI is InChI=1S/C10H6ClN7/c11-9-15-8(7-3-1-2-4-13-7)16-10(17-9)18-6-12-5-14-18/h1-6H. The van der Waals surface area contributed by atoms with Crippen molar-refractivity contribution in [3.8, 4) is 17.5 Å². The first-order valence-corrected chi connectivity index (χ1v) is 5.39. The highest BCUT2D eigenvalue weighted by Gasteiger charge is 2.09. The molecule has 0 amide bonds. The monoisotopic (exact) mass is 259 g/mol. The number of hydrogen-bond acceptors (Lipinski definition) is 6. The van der Waals surface area contributed by atoms with E-state index in [0.29, 0.717) is 17.5 Å². The van der Waals surface area contributed by atoms with E-state index in [4.69, 9.17) is 11.6 Å². The highest BCUT2D eigenvalue weighted by molar-refractivity contribution is 6.28. The minimum Gasteiger partial charge on any atom is -0.253 e. The van der Waals surface area contributed by atoms with Gasteiger partial charge in [-0.3, -0.25) is 4.98 Å². The van der Waals surface area contributed by atoms with Crippen molar-refractivity contribution in [2.75, 3.05) is 0 Å². The van der Waals surface area contributed by atoms with Crippen LogP contribution in [0.2, 0.25) is 5.28 Å². The molecule has 0 radical (unpaired) electrons. The molecule has 8 heteroatoms. The summed E-state index contributed by atoms with van der Waals surface area (Å²) in [6, 6.07) is 5.44. The highest BCUT2D eigenvalue weighted by Crippen LogP contribution is 2.14. The Hall–Kier alpha value is -2.41. The first-order valence-electron chi connectivity index (χ1n) is 5.01. The predicted molar refractivity (Wildman–Crippen MR) is 63.0 cm³/mol. The molecule has 18 heavy (non-hydrogen) atoms. The van der Waals surface area contributed by atoms with Gasteiger partial charge < -0.3 is 0 Å². The van der Waals surface area contributed by atoms with Crippen LogP contribution in [-0.2, 0) is 0 Å². The maximum Gasteiger partial charge on any atom is 0.256 e. The molecule has 88 valence electrons. The third-order valence-corrected chi connectivity index (χ3v) is 2.28. The van der Waals surface area contributed by atoms with Gasteiger partial charge in [0.25, 0.3) is 5.95 Å². The molecule has 0 N–H and O–H groups in total. The normalized spacial score (nSPS) is 10.5. The highest BCUT2D eigenvalue weighted by atomic mass is 35.5. The molecule has 3 rings (SSSR count). The van der Waals surface area contributed by atoms with E-state index in [0.717, 1.165) is 0 Å². The topological polar surface area (TPSA) is 82.3 Å². The lowest BCUT2D eigenvalue weighted by Crippen LogP contribution is -2.05. The summed E-state index contributed by atoms with van der Waals surface area (Å²) in [6.07, 6.45) is 4.52. The van der Waals surface area contributed by atoms with Gasteiger partial charge in [-0.05, 0) is 23.7 Å². The van der Waals surface area contributed by atoms with Crippen LogP contribution in [0.25, 0.3) is 17.5 Å². The van der Waals surface area contributed by atoms with Crippen molar-refractivity contribution in [1.29, 1.82) is 0 Å². The van der Waals surface area contributed by atoms with Crippen molar-refractivity contribution in [2.24, 2.45) is 0 Å². The van der Waals surface area contributed by atoms with E-state index in [1.807, 2.05) is 12.1 Å². The third-order valence-electron chi connectivity index (χ3n) is 2.11. The van der Waals surface area contributed by atoms with Gasteiger partial charge in [0.05, 0.1) is 0 Å². The number of rotatable bonds is 2. The van der Waals surface area contributed by atoms with Crippen LogP contribution in [0.4, 0.5) is 0 Å². The number of hydrogen-bond donors (Lipinski definition) is 0. The predicted octanol–water partition coefficient (Wildman–Crippen LogP) is 1.17. The van der Waals surface area contributed by atoms with E-state index in [1.165, 1.54) is 17.3 Å². The second-order valence-electron chi connectivity index (χ2n) is 3.28. The zero-order chi connectivity index (χ0) is 12.4. The summed E-state index contributed by atoms with van der Waals surface area (Å²) in [6.45, 7) is 0. The fraction of sp³-hybridized carbons (Fsp3) is 0. The van der Waals surface area contributed by atoms with Gasteiger partial charge in [0.1, 0.15) is 18.3 Å². The molecule has 7 nitrogen and oxygen atoms in total. The Morgan fingerprint density at radius 3 is 2.78 bits per heavy atom. The largest absolute Gasteiger partial charge is 0.256 e. The van der Waals surface area contributed by atoms with Gasteiger partial charge >= 0.3 is 0 Å². The van der Waals surface area contributed by atoms with E-state index in [9.17, 15) is 0 Å². The maximum absolute atomic E-state index is 5.87. The lowest BCUT2D eigenvalue weighted by atomic mass is 10.3. The Bertz CT molecular complexity index is 653. The second kappa shape index (κ2) is 4.46. The first-order chi connectivity index (χ1) is 8.83. The fourth-order valence-electron chi connectivity index (χ4n) is 1.36. The number of halogens is 1. The van der Waals surface area contributed by atoms with Gasteiger partial charge in [-0.25, -0.2) is 4.98 Å². The molecule has 0 saturated heterocycles. The minimum absolute atomic E-state index is 0.0798. The Morgan fingerprint density at radius 2 is 2.06 bits per heavy atom. The van der Waals surface area contributed by atoms with Crippen LogP contribution in [0.5, 0.6) is 0 Å². The van der Waals surface area contributed by atoms with Gasteiger partial charge in [-0.15, -0.1) is 0 Å². The molecular formula is C10H6ClN7. The molecule has 0 aliphatic carbocycles. The van der Waals surface area contributed by atoms with Crippen molar-refractivity contribution in [3.05, 3.63) is 42.3 Å². The molecule has 0 aromatic carbocycles. The van der Waals surface area contributed by atoms with Crippen molar-refractivity contribution in [3.63, 3.8) is 0 Å². The first kappa shape index (κ1) is 10.7. The molecule has 0 spiro atoms. The number of nitrogens with zero attached hydrogens (tertiary/aromatic N) is 7. The summed E-state index contributed by atoms with van der Waals surface area (Å²) in [7, 11) is 0. The van der Waals surface area contributed by atoms with Gasteiger partial charge in [0.15, 0.2) is 5.82 Å². The Balaban J connectivity index is 2.12. The molecule has 0 fully saturated rings. The molecule has 3 aromatic rings. The van der Waals surface area contributed by atoms with E-state index in [-0.39, 0.29) is 5.28 Å². The molecular weight excluding hydrogens is 254 g/mol. The molecule has 3 aromatic heterocycles. The molecule has 0 saturated carbocycles. The van der Waals surface area contributed by atoms with Crippen LogP contribution in [0, 0.1) is 0 Å². The van der Waals surface area contributed by atoms with Gasteiger partial charge in [-0.1, -0.05) is 6.07 Å². The summed E-state index contributed by atoms with van der Waals surface area (Å²) >= 11 is 5.87. The average Bonchev–Trinajstić information content (AvgIpc) is 2.93. The summed E-state index contributed by atoms with van der Waals surface area (Å²) in [5.74, 6) is 0.689. The van der Waals surface area contributed by atoms with E-state index in [2.05, 4.69) is 30.0 Å². The van der Waals surface area contributed by atoms with Crippen molar-refractivity contribution in [1.82, 2.24) is 34.7 Å².